The SMILES string of the molecule is FC(F)(F)c1cc(Nc2cc(C3CC3)[nH]n2)nc(N2CCCC2c2cc(-c3ccccn3)no2)n1. The standard InChI is InChI=1S/C23H21F3N8O/c24-23(25,26)19-12-20(29-21-11-15(31-32-21)13-6-7-13)30-22(28-19)34-9-3-5-17(34)18-10-16(33-35-18)14-4-1-2-8-27-14/h1-2,4,8,10-13,17H,3,5-7,9H2,(H2,28,29,30,31,32). The number of nitrogens with one attached hydrogen (secondary N) is 2. The fourth-order valence-electron chi connectivity index (χ4n) is 4.29. The third-order valence-electron chi connectivity index (χ3n) is 6.17. The first kappa shape index (κ1) is 21.6. The molecule has 180 valence electrons. The van der Waals surface area contributed by atoms with Gasteiger partial charge in [0.05, 0.1) is 11.7 Å². The molecule has 1 saturated heterocycles. The first-order chi connectivity index (χ1) is 16.9. The van der Waals surface area contributed by atoms with Crippen molar-refractivity contribution in [3.63, 3.8) is 0 Å². The minimum Gasteiger partial charge on any atom is -0.358 e. The smallest absolute Gasteiger partial charge is 0.358 e. The summed E-state index contributed by atoms with van der Waals surface area (Å²) in [5, 5.41) is 14.1. The van der Waals surface area contributed by atoms with Crippen LogP contribution < -0.4 is 10.2 Å². The van der Waals surface area contributed by atoms with Gasteiger partial charge in [0.25, 0.3) is 0 Å². The van der Waals surface area contributed by atoms with Crippen LogP contribution in [0.25, 0.3) is 11.4 Å². The highest BCUT2D eigenvalue weighted by atomic mass is 19.4. The summed E-state index contributed by atoms with van der Waals surface area (Å²) in [7, 11) is 0. The van der Waals surface area contributed by atoms with E-state index >= 15 is 0 Å². The summed E-state index contributed by atoms with van der Waals surface area (Å²) in [5.41, 5.74) is 1.15. The molecule has 0 amide bonds. The Balaban J connectivity index is 1.31. The highest BCUT2D eigenvalue weighted by molar-refractivity contribution is 5.57. The van der Waals surface area contributed by atoms with Crippen molar-refractivity contribution in [1.29, 1.82) is 0 Å². The van der Waals surface area contributed by atoms with E-state index in [1.165, 1.54) is 0 Å². The Morgan fingerprint density at radius 3 is 2.69 bits per heavy atom. The van der Waals surface area contributed by atoms with E-state index in [-0.39, 0.29) is 17.8 Å². The highest BCUT2D eigenvalue weighted by Gasteiger charge is 2.37. The number of hydrogen-bond donors (Lipinski definition) is 2. The van der Waals surface area contributed by atoms with E-state index in [0.717, 1.165) is 31.0 Å². The van der Waals surface area contributed by atoms with Gasteiger partial charge in [0.15, 0.2) is 17.3 Å². The predicted octanol–water partition coefficient (Wildman–Crippen LogP) is 5.23. The van der Waals surface area contributed by atoms with Crippen LogP contribution in [0.2, 0.25) is 0 Å². The van der Waals surface area contributed by atoms with Gasteiger partial charge in [0, 0.05) is 42.6 Å². The zero-order chi connectivity index (χ0) is 24.0. The number of hydrogen-bond acceptors (Lipinski definition) is 8. The van der Waals surface area contributed by atoms with Crippen LogP contribution in [0, 0.1) is 0 Å². The Hall–Kier alpha value is -3.96. The van der Waals surface area contributed by atoms with E-state index in [1.807, 2.05) is 12.1 Å². The van der Waals surface area contributed by atoms with Crippen LogP contribution in [0.3, 0.4) is 0 Å². The largest absolute Gasteiger partial charge is 0.433 e. The molecule has 9 nitrogen and oxygen atoms in total. The van der Waals surface area contributed by atoms with E-state index in [9.17, 15) is 13.2 Å². The van der Waals surface area contributed by atoms with Crippen LogP contribution in [0.4, 0.5) is 30.8 Å². The number of alkyl halides is 3. The molecule has 0 bridgehead atoms. The molecule has 35 heavy (non-hydrogen) atoms. The fourth-order valence-corrected chi connectivity index (χ4v) is 4.29. The van der Waals surface area contributed by atoms with Crippen LogP contribution in [0.1, 0.15) is 54.8 Å². The van der Waals surface area contributed by atoms with Gasteiger partial charge in [-0.25, -0.2) is 4.98 Å². The summed E-state index contributed by atoms with van der Waals surface area (Å²) in [5.74, 6) is 1.37. The summed E-state index contributed by atoms with van der Waals surface area (Å²) in [4.78, 5) is 14.3. The molecule has 1 saturated carbocycles. The van der Waals surface area contributed by atoms with Gasteiger partial charge in [-0.2, -0.15) is 23.3 Å². The first-order valence-corrected chi connectivity index (χ1v) is 11.4. The molecule has 2 aliphatic rings. The van der Waals surface area contributed by atoms with Gasteiger partial charge in [-0.05, 0) is 37.8 Å². The predicted molar refractivity (Wildman–Crippen MR) is 120 cm³/mol. The molecule has 12 heteroatoms. The van der Waals surface area contributed by atoms with E-state index in [1.54, 1.807) is 29.3 Å². The molecule has 4 aromatic rings. The maximum absolute atomic E-state index is 13.7. The van der Waals surface area contributed by atoms with Gasteiger partial charge in [0.2, 0.25) is 5.95 Å². The van der Waals surface area contributed by atoms with Crippen molar-refractivity contribution in [3.8, 4) is 11.4 Å². The van der Waals surface area contributed by atoms with Crippen LogP contribution >= 0.6 is 0 Å². The molecule has 0 aromatic carbocycles. The molecule has 2 N–H and O–H groups in total. The lowest BCUT2D eigenvalue weighted by Crippen LogP contribution is -2.26. The summed E-state index contributed by atoms with van der Waals surface area (Å²) in [6.07, 6.45) is 0.602. The minimum absolute atomic E-state index is 0.0218. The topological polar surface area (TPSA) is 109 Å². The number of H-pyrrole nitrogens is 1. The lowest BCUT2D eigenvalue weighted by Gasteiger charge is -2.24. The Labute approximate surface area is 197 Å². The Morgan fingerprint density at radius 2 is 1.91 bits per heavy atom. The maximum Gasteiger partial charge on any atom is 0.433 e. The summed E-state index contributed by atoms with van der Waals surface area (Å²) in [6, 6.07) is 9.58. The second kappa shape index (κ2) is 8.36. The molecule has 1 unspecified atom stereocenters. The number of aromatic nitrogens is 6. The van der Waals surface area contributed by atoms with Gasteiger partial charge < -0.3 is 14.7 Å². The number of nitrogens with zero attached hydrogens (tertiary/aromatic N) is 6. The van der Waals surface area contributed by atoms with Gasteiger partial charge in [-0.15, -0.1) is 0 Å². The third kappa shape index (κ3) is 4.43. The van der Waals surface area contributed by atoms with Crippen molar-refractivity contribution in [2.75, 3.05) is 16.8 Å². The quantitative estimate of drug-likeness (QED) is 0.385. The lowest BCUT2D eigenvalue weighted by atomic mass is 10.1. The Bertz CT molecular complexity index is 1330. The van der Waals surface area contributed by atoms with Crippen molar-refractivity contribution in [2.45, 2.75) is 43.8 Å². The van der Waals surface area contributed by atoms with Crippen LogP contribution in [-0.4, -0.2) is 36.9 Å². The monoisotopic (exact) mass is 482 g/mol. The highest BCUT2D eigenvalue weighted by Crippen LogP contribution is 2.40. The fraction of sp³-hybridized carbons (Fsp3) is 0.348. The maximum atomic E-state index is 13.7. The zero-order valence-corrected chi connectivity index (χ0v) is 18.5. The van der Waals surface area contributed by atoms with E-state index in [0.29, 0.717) is 41.8 Å². The molecule has 2 fully saturated rings. The summed E-state index contributed by atoms with van der Waals surface area (Å²) < 4.78 is 46.7. The molecule has 1 aliphatic heterocycles. The second-order valence-corrected chi connectivity index (χ2v) is 8.72. The molecule has 0 spiro atoms. The van der Waals surface area contributed by atoms with E-state index < -0.39 is 11.9 Å². The normalized spacial score (nSPS) is 18.3. The molecule has 1 atom stereocenters. The number of anilines is 3. The average Bonchev–Trinajstić information content (AvgIpc) is 3.24. The molecular formula is C23H21F3N8O. The molecule has 0 radical (unpaired) electrons. The second-order valence-electron chi connectivity index (χ2n) is 8.72. The Kier molecular flexibility index (Phi) is 5.15. The van der Waals surface area contributed by atoms with Gasteiger partial charge in [-0.3, -0.25) is 10.1 Å². The number of aromatic amines is 1. The van der Waals surface area contributed by atoms with Crippen molar-refractivity contribution in [2.24, 2.45) is 0 Å². The van der Waals surface area contributed by atoms with Crippen LogP contribution in [0.5, 0.6) is 0 Å². The summed E-state index contributed by atoms with van der Waals surface area (Å²) >= 11 is 0. The van der Waals surface area contributed by atoms with Crippen molar-refractivity contribution >= 4 is 17.6 Å². The van der Waals surface area contributed by atoms with Crippen molar-refractivity contribution in [1.82, 2.24) is 30.3 Å². The van der Waals surface area contributed by atoms with Gasteiger partial charge >= 0.3 is 6.18 Å². The average molecular weight is 482 g/mol. The molecule has 5 heterocycles. The van der Waals surface area contributed by atoms with E-state index in [2.05, 4.69) is 35.6 Å². The molecule has 1 aliphatic carbocycles. The Morgan fingerprint density at radius 1 is 1.03 bits per heavy atom. The number of halogens is 3. The van der Waals surface area contributed by atoms with Gasteiger partial charge in [-0.1, -0.05) is 11.2 Å². The van der Waals surface area contributed by atoms with Crippen LogP contribution in [0.15, 0.2) is 47.1 Å². The number of rotatable bonds is 6. The van der Waals surface area contributed by atoms with Crippen molar-refractivity contribution < 1.29 is 17.7 Å². The zero-order valence-electron chi connectivity index (χ0n) is 18.5. The minimum atomic E-state index is -4.63. The number of pyridine rings is 1. The molecular weight excluding hydrogens is 461 g/mol. The third-order valence-corrected chi connectivity index (χ3v) is 6.17. The van der Waals surface area contributed by atoms with Crippen molar-refractivity contribution in [3.05, 3.63) is 59.7 Å². The first-order valence-electron chi connectivity index (χ1n) is 11.4. The van der Waals surface area contributed by atoms with Crippen LogP contribution in [-0.2, 0) is 6.18 Å². The lowest BCUT2D eigenvalue weighted by molar-refractivity contribution is -0.141. The summed E-state index contributed by atoms with van der Waals surface area (Å²) in [6.45, 7) is 0.485. The molecule has 6 rings (SSSR count). The van der Waals surface area contributed by atoms with E-state index in [4.69, 9.17) is 4.52 Å². The van der Waals surface area contributed by atoms with Gasteiger partial charge in [0.1, 0.15) is 11.5 Å². The molecule has 4 aromatic heterocycles.